The number of carbonyl (C=O) groups excluding carboxylic acids is 2. The highest BCUT2D eigenvalue weighted by Gasteiger charge is 2.67. The van der Waals surface area contributed by atoms with E-state index in [9.17, 15) is 14.0 Å². The molecule has 0 spiro atoms. The van der Waals surface area contributed by atoms with Crippen LogP contribution in [-0.2, 0) is 4.79 Å². The number of halogens is 6. The Kier molecular flexibility index (Phi) is 6.95. The van der Waals surface area contributed by atoms with Gasteiger partial charge in [-0.3, -0.25) is 9.59 Å². The summed E-state index contributed by atoms with van der Waals surface area (Å²) in [5.74, 6) is -2.47. The molecule has 170 valence electrons. The zero-order valence-electron chi connectivity index (χ0n) is 16.5. The van der Waals surface area contributed by atoms with Crippen LogP contribution in [0.5, 0.6) is 0 Å². The fourth-order valence-electron chi connectivity index (χ4n) is 3.50. The maximum Gasteiger partial charge on any atom is 0.257 e. The predicted octanol–water partition coefficient (Wildman–Crippen LogP) is 7.67. The molecule has 0 heterocycles. The van der Waals surface area contributed by atoms with Gasteiger partial charge in [0, 0.05) is 21.8 Å². The van der Waals surface area contributed by atoms with E-state index >= 15 is 0 Å². The number of alkyl halides is 2. The van der Waals surface area contributed by atoms with Crippen LogP contribution < -0.4 is 10.6 Å². The summed E-state index contributed by atoms with van der Waals surface area (Å²) in [6.45, 7) is 0. The van der Waals surface area contributed by atoms with E-state index < -0.39 is 33.8 Å². The van der Waals surface area contributed by atoms with E-state index in [4.69, 9.17) is 46.4 Å². The first-order chi connectivity index (χ1) is 15.6. The second kappa shape index (κ2) is 9.43. The molecule has 2 N–H and O–H groups in total. The van der Waals surface area contributed by atoms with E-state index in [1.165, 1.54) is 36.4 Å². The zero-order valence-corrected chi connectivity index (χ0v) is 21.1. The maximum absolute atomic E-state index is 13.1. The Hall–Kier alpha value is -1.83. The van der Waals surface area contributed by atoms with E-state index in [1.54, 1.807) is 24.3 Å². The van der Waals surface area contributed by atoms with Crippen LogP contribution in [0.3, 0.4) is 0 Å². The fraction of sp³-hybridized carbons (Fsp3) is 0.130. The summed E-state index contributed by atoms with van der Waals surface area (Å²) in [4.78, 5) is 25.6. The Labute approximate surface area is 217 Å². The molecule has 0 radical (unpaired) electrons. The maximum atomic E-state index is 13.1. The minimum Gasteiger partial charge on any atom is -0.326 e. The van der Waals surface area contributed by atoms with Crippen molar-refractivity contribution in [3.05, 3.63) is 92.1 Å². The second-order valence-electron chi connectivity index (χ2n) is 7.45. The zero-order chi connectivity index (χ0) is 23.9. The highest BCUT2D eigenvalue weighted by atomic mass is 79.9. The third-order valence-electron chi connectivity index (χ3n) is 5.22. The van der Waals surface area contributed by atoms with Crippen molar-refractivity contribution in [1.29, 1.82) is 0 Å². The molecule has 0 bridgehead atoms. The van der Waals surface area contributed by atoms with Crippen LogP contribution in [0, 0.1) is 11.7 Å². The monoisotopic (exact) mass is 588 g/mol. The van der Waals surface area contributed by atoms with Gasteiger partial charge in [0.05, 0.1) is 21.5 Å². The molecule has 3 aromatic rings. The number of hydrogen-bond acceptors (Lipinski definition) is 2. The first kappa shape index (κ1) is 24.3. The van der Waals surface area contributed by atoms with Crippen molar-refractivity contribution in [2.45, 2.75) is 10.3 Å². The molecule has 4 nitrogen and oxygen atoms in total. The number of hydrogen-bond donors (Lipinski definition) is 2. The minimum atomic E-state index is -1.29. The van der Waals surface area contributed by atoms with Gasteiger partial charge in [-0.1, -0.05) is 29.3 Å². The summed E-state index contributed by atoms with van der Waals surface area (Å²) in [7, 11) is 0. The highest BCUT2D eigenvalue weighted by Crippen LogP contribution is 2.65. The van der Waals surface area contributed by atoms with Crippen molar-refractivity contribution in [2.75, 3.05) is 10.6 Å². The van der Waals surface area contributed by atoms with Crippen LogP contribution in [0.2, 0.25) is 10.0 Å². The molecular formula is C23H14BrCl4FN2O2. The lowest BCUT2D eigenvalue weighted by Gasteiger charge is -2.10. The lowest BCUT2D eigenvalue weighted by atomic mass is 10.1. The predicted molar refractivity (Wildman–Crippen MR) is 134 cm³/mol. The molecule has 0 aliphatic heterocycles. The average molecular weight is 591 g/mol. The number of nitrogens with one attached hydrogen (secondary N) is 2. The van der Waals surface area contributed by atoms with Crippen molar-refractivity contribution >= 4 is 85.5 Å². The van der Waals surface area contributed by atoms with E-state index in [1.807, 2.05) is 0 Å². The van der Waals surface area contributed by atoms with Gasteiger partial charge < -0.3 is 10.6 Å². The highest BCUT2D eigenvalue weighted by molar-refractivity contribution is 9.10. The number of anilines is 2. The van der Waals surface area contributed by atoms with Gasteiger partial charge in [0.15, 0.2) is 0 Å². The molecule has 10 heteroatoms. The molecule has 4 rings (SSSR count). The van der Waals surface area contributed by atoms with Gasteiger partial charge in [0.25, 0.3) is 5.91 Å². The van der Waals surface area contributed by atoms with Crippen LogP contribution in [0.4, 0.5) is 15.8 Å². The Morgan fingerprint density at radius 2 is 1.52 bits per heavy atom. The van der Waals surface area contributed by atoms with E-state index in [0.29, 0.717) is 20.9 Å². The summed E-state index contributed by atoms with van der Waals surface area (Å²) in [5, 5.41) is 6.10. The van der Waals surface area contributed by atoms with Crippen molar-refractivity contribution in [1.82, 2.24) is 0 Å². The quantitative estimate of drug-likeness (QED) is 0.300. The van der Waals surface area contributed by atoms with E-state index in [2.05, 4.69) is 26.6 Å². The van der Waals surface area contributed by atoms with Crippen LogP contribution >= 0.6 is 62.3 Å². The molecule has 1 saturated carbocycles. The average Bonchev–Trinajstić information content (AvgIpc) is 3.35. The molecule has 0 saturated heterocycles. The standard InChI is InChI=1S/C23H14BrCl4FN2O2/c24-16-9-11(1-7-18(16)26)19-20(23(19,27)28)22(33)31-14-6-8-17(25)15(10-14)21(32)30-13-4-2-12(29)3-5-13/h1-10,19-20H,(H,30,32)(H,31,33)/t19-,20+/m1/s1. The van der Waals surface area contributed by atoms with Gasteiger partial charge in [-0.25, -0.2) is 4.39 Å². The van der Waals surface area contributed by atoms with Crippen molar-refractivity contribution in [3.63, 3.8) is 0 Å². The van der Waals surface area contributed by atoms with Crippen molar-refractivity contribution in [2.24, 2.45) is 5.92 Å². The molecule has 0 aromatic heterocycles. The minimum absolute atomic E-state index is 0.135. The third kappa shape index (κ3) is 5.15. The summed E-state index contributed by atoms with van der Waals surface area (Å²) in [6, 6.07) is 15.0. The van der Waals surface area contributed by atoms with Gasteiger partial charge in [0.2, 0.25) is 5.91 Å². The number of carbonyl (C=O) groups is 2. The van der Waals surface area contributed by atoms with Gasteiger partial charge >= 0.3 is 0 Å². The van der Waals surface area contributed by atoms with Gasteiger partial charge in [-0.15, -0.1) is 23.2 Å². The molecule has 2 amide bonds. The number of rotatable bonds is 5. The summed E-state index contributed by atoms with van der Waals surface area (Å²) < 4.78 is 12.5. The largest absolute Gasteiger partial charge is 0.326 e. The molecule has 33 heavy (non-hydrogen) atoms. The number of amides is 2. The van der Waals surface area contributed by atoms with Crippen LogP contribution in [0.25, 0.3) is 0 Å². The first-order valence-corrected chi connectivity index (χ1v) is 11.9. The molecule has 1 aliphatic carbocycles. The second-order valence-corrected chi connectivity index (χ2v) is 10.6. The fourth-order valence-corrected chi connectivity index (χ4v) is 5.05. The molecule has 1 fully saturated rings. The Morgan fingerprint density at radius 1 is 0.879 bits per heavy atom. The SMILES string of the molecule is O=C(Nc1ccc(F)cc1)c1cc(NC(=O)[C@@H]2[C@@H](c3ccc(Cl)c(Br)c3)C2(Cl)Cl)ccc1Cl. The van der Waals surface area contributed by atoms with Crippen LogP contribution in [-0.4, -0.2) is 16.1 Å². The molecule has 0 unspecified atom stereocenters. The Morgan fingerprint density at radius 3 is 2.18 bits per heavy atom. The molecule has 2 atom stereocenters. The Bertz CT molecular complexity index is 1250. The van der Waals surface area contributed by atoms with Crippen molar-refractivity contribution in [3.8, 4) is 0 Å². The lowest BCUT2D eigenvalue weighted by molar-refractivity contribution is -0.117. The van der Waals surface area contributed by atoms with Crippen molar-refractivity contribution < 1.29 is 14.0 Å². The first-order valence-electron chi connectivity index (χ1n) is 9.58. The summed E-state index contributed by atoms with van der Waals surface area (Å²) in [5.41, 5.74) is 1.65. The van der Waals surface area contributed by atoms with Gasteiger partial charge in [0.1, 0.15) is 10.2 Å². The Balaban J connectivity index is 1.50. The summed E-state index contributed by atoms with van der Waals surface area (Å²) >= 11 is 28.4. The normalized spacial score (nSPS) is 18.5. The lowest BCUT2D eigenvalue weighted by Crippen LogP contribution is -2.18. The number of benzene rings is 3. The molecular weight excluding hydrogens is 577 g/mol. The summed E-state index contributed by atoms with van der Waals surface area (Å²) in [6.07, 6.45) is 0. The van der Waals surface area contributed by atoms with Crippen LogP contribution in [0.1, 0.15) is 21.8 Å². The molecule has 3 aromatic carbocycles. The third-order valence-corrected chi connectivity index (χ3v) is 7.70. The van der Waals surface area contributed by atoms with E-state index in [-0.39, 0.29) is 10.6 Å². The molecule has 1 aliphatic rings. The van der Waals surface area contributed by atoms with Crippen LogP contribution in [0.15, 0.2) is 65.1 Å². The van der Waals surface area contributed by atoms with Gasteiger partial charge in [-0.05, 0) is 76.1 Å². The van der Waals surface area contributed by atoms with E-state index in [0.717, 1.165) is 5.56 Å². The smallest absolute Gasteiger partial charge is 0.257 e. The van der Waals surface area contributed by atoms with Gasteiger partial charge in [-0.2, -0.15) is 0 Å². The topological polar surface area (TPSA) is 58.2 Å².